The van der Waals surface area contributed by atoms with E-state index in [2.05, 4.69) is 185 Å². The van der Waals surface area contributed by atoms with Crippen molar-refractivity contribution in [2.24, 2.45) is 0 Å². The highest BCUT2D eigenvalue weighted by Crippen LogP contribution is 2.43. The third-order valence-corrected chi connectivity index (χ3v) is 11.7. The Kier molecular flexibility index (Phi) is 7.78. The summed E-state index contributed by atoms with van der Waals surface area (Å²) in [6.07, 6.45) is 0. The van der Waals surface area contributed by atoms with Crippen LogP contribution >= 0.6 is 0 Å². The Morgan fingerprint density at radius 1 is 0.267 bits per heavy atom. The van der Waals surface area contributed by atoms with Gasteiger partial charge in [-0.25, -0.2) is 4.98 Å². The summed E-state index contributed by atoms with van der Waals surface area (Å²) in [5.74, 6) is 1.83. The molecule has 60 heavy (non-hydrogen) atoms. The SMILES string of the molecule is c1ccc(-c2cc(-c3ccccc3)cc(-n3c4ccccc4c4ccc5c(ccc6c7ccccc7n(-c7nc(-c8ccccc8)nc(-c8ccccc8)n7)c65)c43)c2)cc1. The van der Waals surface area contributed by atoms with Crippen molar-refractivity contribution in [2.75, 3.05) is 0 Å². The van der Waals surface area contributed by atoms with Crippen molar-refractivity contribution < 1.29 is 0 Å². The zero-order valence-electron chi connectivity index (χ0n) is 32.4. The predicted molar refractivity (Wildman–Crippen MR) is 248 cm³/mol. The van der Waals surface area contributed by atoms with Gasteiger partial charge in [-0.3, -0.25) is 4.57 Å². The van der Waals surface area contributed by atoms with E-state index in [1.54, 1.807) is 0 Å². The molecule has 0 spiro atoms. The number of hydrogen-bond donors (Lipinski definition) is 0. The lowest BCUT2D eigenvalue weighted by Gasteiger charge is -2.15. The fraction of sp³-hybridized carbons (Fsp3) is 0. The highest BCUT2D eigenvalue weighted by atomic mass is 15.2. The Hall–Kier alpha value is -8.15. The second-order valence-corrected chi connectivity index (χ2v) is 15.2. The van der Waals surface area contributed by atoms with Gasteiger partial charge >= 0.3 is 0 Å². The van der Waals surface area contributed by atoms with Crippen molar-refractivity contribution in [3.05, 3.63) is 212 Å². The van der Waals surface area contributed by atoms with Crippen molar-refractivity contribution >= 4 is 54.4 Å². The molecule has 0 unspecified atom stereocenters. The Bertz CT molecular complexity index is 3220. The average molecular weight is 766 g/mol. The van der Waals surface area contributed by atoms with E-state index >= 15 is 0 Å². The van der Waals surface area contributed by atoms with Gasteiger partial charge in [0.1, 0.15) is 0 Å². The van der Waals surface area contributed by atoms with Crippen LogP contribution in [0.25, 0.3) is 111 Å². The Balaban J connectivity index is 1.19. The van der Waals surface area contributed by atoms with Crippen LogP contribution in [-0.2, 0) is 0 Å². The van der Waals surface area contributed by atoms with Crippen molar-refractivity contribution in [3.8, 4) is 56.7 Å². The summed E-state index contributed by atoms with van der Waals surface area (Å²) in [7, 11) is 0. The molecule has 12 rings (SSSR count). The van der Waals surface area contributed by atoms with Gasteiger partial charge in [-0.1, -0.05) is 182 Å². The second kappa shape index (κ2) is 13.8. The zero-order chi connectivity index (χ0) is 39.6. The van der Waals surface area contributed by atoms with Crippen LogP contribution in [-0.4, -0.2) is 24.1 Å². The Morgan fingerprint density at radius 3 is 1.10 bits per heavy atom. The van der Waals surface area contributed by atoms with Crippen molar-refractivity contribution in [1.29, 1.82) is 0 Å². The van der Waals surface area contributed by atoms with E-state index in [-0.39, 0.29) is 0 Å². The van der Waals surface area contributed by atoms with Gasteiger partial charge in [-0.15, -0.1) is 0 Å². The highest BCUT2D eigenvalue weighted by Gasteiger charge is 2.22. The van der Waals surface area contributed by atoms with E-state index in [1.807, 2.05) is 36.4 Å². The van der Waals surface area contributed by atoms with Crippen LogP contribution in [0, 0.1) is 0 Å². The monoisotopic (exact) mass is 765 g/mol. The van der Waals surface area contributed by atoms with Gasteiger partial charge in [0.15, 0.2) is 11.6 Å². The molecule has 0 amide bonds. The maximum atomic E-state index is 5.25. The van der Waals surface area contributed by atoms with Gasteiger partial charge in [0.25, 0.3) is 0 Å². The van der Waals surface area contributed by atoms with Gasteiger partial charge in [0.2, 0.25) is 5.95 Å². The van der Waals surface area contributed by atoms with Gasteiger partial charge < -0.3 is 4.57 Å². The molecule has 12 aromatic rings. The van der Waals surface area contributed by atoms with Crippen LogP contribution in [0.5, 0.6) is 0 Å². The Morgan fingerprint density at radius 2 is 0.633 bits per heavy atom. The summed E-state index contributed by atoms with van der Waals surface area (Å²) in [4.78, 5) is 15.5. The number of rotatable bonds is 6. The molecule has 0 aliphatic carbocycles. The smallest absolute Gasteiger partial charge is 0.238 e. The summed E-state index contributed by atoms with van der Waals surface area (Å²) in [6.45, 7) is 0. The molecule has 5 nitrogen and oxygen atoms in total. The lowest BCUT2D eigenvalue weighted by atomic mass is 9.97. The third-order valence-electron chi connectivity index (χ3n) is 11.7. The van der Waals surface area contributed by atoms with E-state index < -0.39 is 0 Å². The Labute approximate surface area is 346 Å². The largest absolute Gasteiger partial charge is 0.309 e. The maximum absolute atomic E-state index is 5.25. The van der Waals surface area contributed by atoms with Crippen molar-refractivity contribution in [2.45, 2.75) is 0 Å². The molecule has 0 radical (unpaired) electrons. The first-order chi connectivity index (χ1) is 29.8. The van der Waals surface area contributed by atoms with E-state index in [1.165, 1.54) is 33.0 Å². The fourth-order valence-electron chi connectivity index (χ4n) is 9.03. The molecule has 9 aromatic carbocycles. The van der Waals surface area contributed by atoms with Gasteiger partial charge in [0.05, 0.1) is 22.1 Å². The molecule has 0 fully saturated rings. The molecule has 0 atom stereocenters. The lowest BCUT2D eigenvalue weighted by Crippen LogP contribution is -2.06. The number of fused-ring (bicyclic) bond motifs is 9. The van der Waals surface area contributed by atoms with Crippen LogP contribution < -0.4 is 0 Å². The second-order valence-electron chi connectivity index (χ2n) is 15.2. The van der Waals surface area contributed by atoms with Gasteiger partial charge in [-0.05, 0) is 52.6 Å². The molecule has 0 saturated heterocycles. The summed E-state index contributed by atoms with van der Waals surface area (Å²) in [6, 6.07) is 75.3. The molecule has 5 heteroatoms. The summed E-state index contributed by atoms with van der Waals surface area (Å²) >= 11 is 0. The molecule has 3 aromatic heterocycles. The molecule has 0 bridgehead atoms. The lowest BCUT2D eigenvalue weighted by molar-refractivity contribution is 0.955. The number of hydrogen-bond acceptors (Lipinski definition) is 3. The first-order valence-electron chi connectivity index (χ1n) is 20.3. The first kappa shape index (κ1) is 33.9. The normalized spacial score (nSPS) is 11.7. The standard InChI is InChI=1S/C55H35N5/c1-5-17-36(18-6-1)40-33-41(37-19-7-2-8-20-37)35-42(34-40)59-49-27-15-13-25-43(49)45-29-32-48-47(51(45)59)31-30-46-44-26-14-16-28-50(44)60(52(46)48)55-57-53(38-21-9-3-10-22-38)56-54(58-55)39-23-11-4-12-24-39/h1-35H. The van der Waals surface area contributed by atoms with Crippen LogP contribution in [0.1, 0.15) is 0 Å². The summed E-state index contributed by atoms with van der Waals surface area (Å²) in [5, 5.41) is 6.95. The molecule has 0 saturated carbocycles. The summed E-state index contributed by atoms with van der Waals surface area (Å²) in [5.41, 5.74) is 12.1. The molecule has 0 aliphatic rings. The molecule has 280 valence electrons. The highest BCUT2D eigenvalue weighted by molar-refractivity contribution is 6.26. The summed E-state index contributed by atoms with van der Waals surface area (Å²) < 4.78 is 4.71. The van der Waals surface area contributed by atoms with Crippen molar-refractivity contribution in [3.63, 3.8) is 0 Å². The molecular formula is C55H35N5. The number of aromatic nitrogens is 5. The number of para-hydroxylation sites is 2. The van der Waals surface area contributed by atoms with Gasteiger partial charge in [0, 0.05) is 49.1 Å². The molecule has 0 aliphatic heterocycles. The van der Waals surface area contributed by atoms with Crippen LogP contribution in [0.2, 0.25) is 0 Å². The first-order valence-corrected chi connectivity index (χ1v) is 20.3. The molecule has 3 heterocycles. The average Bonchev–Trinajstić information content (AvgIpc) is 3.86. The van der Waals surface area contributed by atoms with Crippen LogP contribution in [0.3, 0.4) is 0 Å². The van der Waals surface area contributed by atoms with E-state index in [0.717, 1.165) is 60.4 Å². The van der Waals surface area contributed by atoms with E-state index in [9.17, 15) is 0 Å². The van der Waals surface area contributed by atoms with E-state index in [0.29, 0.717) is 17.6 Å². The van der Waals surface area contributed by atoms with Gasteiger partial charge in [-0.2, -0.15) is 9.97 Å². The topological polar surface area (TPSA) is 48.5 Å². The van der Waals surface area contributed by atoms with Crippen molar-refractivity contribution in [1.82, 2.24) is 24.1 Å². The van der Waals surface area contributed by atoms with Crippen LogP contribution in [0.4, 0.5) is 0 Å². The number of nitrogens with zero attached hydrogens (tertiary/aromatic N) is 5. The minimum Gasteiger partial charge on any atom is -0.309 e. The molecular weight excluding hydrogens is 731 g/mol. The maximum Gasteiger partial charge on any atom is 0.238 e. The zero-order valence-corrected chi connectivity index (χ0v) is 32.4. The number of benzene rings is 9. The minimum absolute atomic E-state index is 0.574. The quantitative estimate of drug-likeness (QED) is 0.169. The minimum atomic E-state index is 0.574. The fourth-order valence-corrected chi connectivity index (χ4v) is 9.03. The predicted octanol–water partition coefficient (Wildman–Crippen LogP) is 13.9. The van der Waals surface area contributed by atoms with E-state index in [4.69, 9.17) is 15.0 Å². The molecule has 0 N–H and O–H groups in total. The van der Waals surface area contributed by atoms with Crippen LogP contribution in [0.15, 0.2) is 212 Å². The third kappa shape index (κ3) is 5.44.